The van der Waals surface area contributed by atoms with Gasteiger partial charge in [-0.2, -0.15) is 0 Å². The maximum absolute atomic E-state index is 13.4. The Balaban J connectivity index is 1.36. The van der Waals surface area contributed by atoms with Gasteiger partial charge in [0.15, 0.2) is 0 Å². The topological polar surface area (TPSA) is 97.2 Å². The van der Waals surface area contributed by atoms with Crippen molar-refractivity contribution in [2.24, 2.45) is 0 Å². The van der Waals surface area contributed by atoms with Crippen LogP contribution in [0.2, 0.25) is 5.02 Å². The molecule has 0 saturated carbocycles. The third-order valence-corrected chi connectivity index (χ3v) is 7.85. The number of nitrogens with one attached hydrogen (secondary N) is 1. The summed E-state index contributed by atoms with van der Waals surface area (Å²) in [4.78, 5) is 16.8. The third-order valence-electron chi connectivity index (χ3n) is 5.56. The Hall–Kier alpha value is -3.69. The molecule has 10 heteroatoms. The van der Waals surface area contributed by atoms with E-state index >= 15 is 0 Å². The van der Waals surface area contributed by atoms with Gasteiger partial charge in [0.25, 0.3) is 15.9 Å². The van der Waals surface area contributed by atoms with Crippen LogP contribution in [0.3, 0.4) is 0 Å². The lowest BCUT2D eigenvalue weighted by molar-refractivity contribution is 0.102. The van der Waals surface area contributed by atoms with Crippen LogP contribution in [0.1, 0.15) is 21.5 Å². The van der Waals surface area contributed by atoms with Gasteiger partial charge in [-0.05, 0) is 41.8 Å². The fourth-order valence-electron chi connectivity index (χ4n) is 3.89. The molecule has 1 aliphatic heterocycles. The summed E-state index contributed by atoms with van der Waals surface area (Å²) in [6, 6.07) is 21.2. The highest BCUT2D eigenvalue weighted by molar-refractivity contribution is 7.93. The number of para-hydroxylation sites is 1. The molecule has 0 aliphatic carbocycles. The first-order chi connectivity index (χ1) is 16.4. The fraction of sp³-hybridized carbons (Fsp3) is 0.125. The van der Waals surface area contributed by atoms with Gasteiger partial charge in [-0.25, -0.2) is 18.1 Å². The Morgan fingerprint density at radius 3 is 2.62 bits per heavy atom. The lowest BCUT2D eigenvalue weighted by Gasteiger charge is -2.20. The number of carbonyl (C=O) groups is 1. The van der Waals surface area contributed by atoms with Crippen molar-refractivity contribution in [3.05, 3.63) is 101 Å². The number of carbonyl (C=O) groups excluding carboxylic acids is 1. The molecule has 0 radical (unpaired) electrons. The van der Waals surface area contributed by atoms with Gasteiger partial charge in [-0.15, -0.1) is 5.10 Å². The van der Waals surface area contributed by atoms with Crippen molar-refractivity contribution in [3.8, 4) is 0 Å². The zero-order valence-corrected chi connectivity index (χ0v) is 19.5. The van der Waals surface area contributed by atoms with E-state index in [1.165, 1.54) is 28.8 Å². The van der Waals surface area contributed by atoms with E-state index < -0.39 is 15.9 Å². The number of rotatable bonds is 6. The molecular weight excluding hydrogens is 474 g/mol. The van der Waals surface area contributed by atoms with Crippen LogP contribution in [0.5, 0.6) is 0 Å². The Bertz CT molecular complexity index is 1470. The molecule has 2 heterocycles. The van der Waals surface area contributed by atoms with Crippen LogP contribution in [0.25, 0.3) is 0 Å². The summed E-state index contributed by atoms with van der Waals surface area (Å²) in [6.07, 6.45) is 2.13. The number of benzene rings is 3. The molecule has 1 aromatic heterocycles. The molecule has 5 rings (SSSR count). The Kier molecular flexibility index (Phi) is 5.80. The van der Waals surface area contributed by atoms with Crippen LogP contribution in [0.4, 0.5) is 11.6 Å². The van der Waals surface area contributed by atoms with Crippen LogP contribution in [0.15, 0.2) is 84.0 Å². The molecule has 0 bridgehead atoms. The van der Waals surface area contributed by atoms with Gasteiger partial charge in [-0.1, -0.05) is 60.1 Å². The molecule has 0 fully saturated rings. The minimum atomic E-state index is -3.96. The molecular formula is C24H20ClN5O3S. The van der Waals surface area contributed by atoms with E-state index in [-0.39, 0.29) is 21.4 Å². The number of fused-ring (bicyclic) bond motifs is 1. The van der Waals surface area contributed by atoms with E-state index in [4.69, 9.17) is 11.6 Å². The van der Waals surface area contributed by atoms with E-state index in [2.05, 4.69) is 15.4 Å². The molecule has 1 aliphatic rings. The van der Waals surface area contributed by atoms with Gasteiger partial charge < -0.3 is 0 Å². The first-order valence-electron chi connectivity index (χ1n) is 10.6. The minimum absolute atomic E-state index is 0.0474. The van der Waals surface area contributed by atoms with Crippen molar-refractivity contribution in [2.45, 2.75) is 17.9 Å². The number of hydrogen-bond donors (Lipinski definition) is 1. The summed E-state index contributed by atoms with van der Waals surface area (Å²) >= 11 is 6.27. The van der Waals surface area contributed by atoms with Crippen molar-refractivity contribution in [2.75, 3.05) is 16.2 Å². The first-order valence-corrected chi connectivity index (χ1v) is 12.4. The zero-order chi connectivity index (χ0) is 23.7. The SMILES string of the molecule is O=C(Nc1ncn(Cc2ccccc2)n1)c1ccc(Cl)c(S(=O)(=O)N2CCc3ccccc32)c1. The highest BCUT2D eigenvalue weighted by Crippen LogP contribution is 2.35. The summed E-state index contributed by atoms with van der Waals surface area (Å²) in [5.74, 6) is -0.416. The second-order valence-corrected chi connectivity index (χ2v) is 10.0. The van der Waals surface area contributed by atoms with Crippen molar-refractivity contribution in [1.29, 1.82) is 0 Å². The van der Waals surface area contributed by atoms with Gasteiger partial charge >= 0.3 is 0 Å². The number of hydrogen-bond acceptors (Lipinski definition) is 5. The number of sulfonamides is 1. The number of halogens is 1. The molecule has 34 heavy (non-hydrogen) atoms. The van der Waals surface area contributed by atoms with Gasteiger partial charge in [0, 0.05) is 12.1 Å². The standard InChI is InChI=1S/C24H20ClN5O3S/c25-20-11-10-19(14-22(20)34(32,33)30-13-12-18-8-4-5-9-21(18)30)23(31)27-24-26-16-29(28-24)15-17-6-2-1-3-7-17/h1-11,14,16H,12-13,15H2,(H,27,28,31). The maximum Gasteiger partial charge on any atom is 0.265 e. The van der Waals surface area contributed by atoms with E-state index in [0.29, 0.717) is 25.2 Å². The summed E-state index contributed by atoms with van der Waals surface area (Å²) in [6.45, 7) is 0.821. The fourth-order valence-corrected chi connectivity index (χ4v) is 5.90. The van der Waals surface area contributed by atoms with Gasteiger partial charge in [0.2, 0.25) is 5.95 Å². The second-order valence-electron chi connectivity index (χ2n) is 7.81. The smallest absolute Gasteiger partial charge is 0.265 e. The highest BCUT2D eigenvalue weighted by atomic mass is 35.5. The molecule has 0 unspecified atom stereocenters. The average molecular weight is 494 g/mol. The lowest BCUT2D eigenvalue weighted by Crippen LogP contribution is -2.29. The summed E-state index contributed by atoms with van der Waals surface area (Å²) in [5, 5.41) is 6.93. The normalized spacial score (nSPS) is 13.0. The monoisotopic (exact) mass is 493 g/mol. The predicted octanol–water partition coefficient (Wildman–Crippen LogP) is 3.98. The van der Waals surface area contributed by atoms with E-state index in [0.717, 1.165) is 11.1 Å². The lowest BCUT2D eigenvalue weighted by atomic mass is 10.2. The molecule has 8 nitrogen and oxygen atoms in total. The van der Waals surface area contributed by atoms with Crippen LogP contribution in [0, 0.1) is 0 Å². The van der Waals surface area contributed by atoms with Crippen molar-refractivity contribution >= 4 is 39.2 Å². The molecule has 0 atom stereocenters. The van der Waals surface area contributed by atoms with Crippen LogP contribution in [-0.2, 0) is 23.0 Å². The minimum Gasteiger partial charge on any atom is -0.289 e. The molecule has 0 spiro atoms. The predicted molar refractivity (Wildman–Crippen MR) is 130 cm³/mol. The third kappa shape index (κ3) is 4.27. The first kappa shape index (κ1) is 22.1. The zero-order valence-electron chi connectivity index (χ0n) is 17.9. The van der Waals surface area contributed by atoms with Crippen LogP contribution in [-0.4, -0.2) is 35.6 Å². The van der Waals surface area contributed by atoms with Gasteiger partial charge in [-0.3, -0.25) is 14.4 Å². The van der Waals surface area contributed by atoms with Crippen molar-refractivity contribution < 1.29 is 13.2 Å². The maximum atomic E-state index is 13.4. The number of amides is 1. The summed E-state index contributed by atoms with van der Waals surface area (Å²) in [5.41, 5.74) is 2.76. The quantitative estimate of drug-likeness (QED) is 0.438. The second kappa shape index (κ2) is 8.92. The van der Waals surface area contributed by atoms with E-state index in [9.17, 15) is 13.2 Å². The van der Waals surface area contributed by atoms with Gasteiger partial charge in [0.1, 0.15) is 11.2 Å². The molecule has 3 aromatic carbocycles. The summed E-state index contributed by atoms with van der Waals surface area (Å²) < 4.78 is 29.8. The van der Waals surface area contributed by atoms with E-state index in [1.807, 2.05) is 42.5 Å². The summed E-state index contributed by atoms with van der Waals surface area (Å²) in [7, 11) is -3.96. The largest absolute Gasteiger partial charge is 0.289 e. The average Bonchev–Trinajstić information content (AvgIpc) is 3.47. The van der Waals surface area contributed by atoms with Crippen molar-refractivity contribution in [3.63, 3.8) is 0 Å². The number of nitrogens with zero attached hydrogens (tertiary/aromatic N) is 4. The Morgan fingerprint density at radius 2 is 1.79 bits per heavy atom. The number of anilines is 2. The van der Waals surface area contributed by atoms with Crippen molar-refractivity contribution in [1.82, 2.24) is 14.8 Å². The Labute approximate surface area is 201 Å². The molecule has 4 aromatic rings. The molecule has 1 N–H and O–H groups in total. The highest BCUT2D eigenvalue weighted by Gasteiger charge is 2.32. The molecule has 172 valence electrons. The van der Waals surface area contributed by atoms with Crippen LogP contribution >= 0.6 is 11.6 Å². The van der Waals surface area contributed by atoms with Gasteiger partial charge in [0.05, 0.1) is 17.3 Å². The molecule has 1 amide bonds. The number of aromatic nitrogens is 3. The molecule has 0 saturated heterocycles. The van der Waals surface area contributed by atoms with E-state index in [1.54, 1.807) is 16.8 Å². The van der Waals surface area contributed by atoms with Crippen LogP contribution < -0.4 is 9.62 Å². The Morgan fingerprint density at radius 1 is 1.03 bits per heavy atom.